The summed E-state index contributed by atoms with van der Waals surface area (Å²) in [7, 11) is 1.95. The molecule has 0 aliphatic carbocycles. The minimum atomic E-state index is 0.859. The summed E-state index contributed by atoms with van der Waals surface area (Å²) in [6, 6.07) is 8.38. The van der Waals surface area contributed by atoms with Crippen molar-refractivity contribution < 1.29 is 0 Å². The minimum absolute atomic E-state index is 0.859. The number of benzene rings is 1. The third-order valence-electron chi connectivity index (χ3n) is 2.67. The number of hydrogen-bond acceptors (Lipinski definition) is 2. The summed E-state index contributed by atoms with van der Waals surface area (Å²) in [4.78, 5) is 0. The fourth-order valence-electron chi connectivity index (χ4n) is 1.69. The molecule has 0 aliphatic heterocycles. The van der Waals surface area contributed by atoms with Crippen LogP contribution in [0, 0.1) is 13.8 Å². The van der Waals surface area contributed by atoms with E-state index >= 15 is 0 Å². The van der Waals surface area contributed by atoms with E-state index in [0.717, 1.165) is 17.9 Å². The molecule has 3 heteroatoms. The number of aryl methyl sites for hydroxylation is 2. The van der Waals surface area contributed by atoms with E-state index in [1.54, 1.807) is 0 Å². The summed E-state index contributed by atoms with van der Waals surface area (Å²) in [6.45, 7) is 4.99. The zero-order chi connectivity index (χ0) is 11.5. The Bertz CT molecular complexity index is 468. The number of nitrogens with zero attached hydrogens (tertiary/aromatic N) is 2. The van der Waals surface area contributed by atoms with Crippen LogP contribution in [-0.2, 0) is 6.54 Å². The molecule has 0 atom stereocenters. The molecular weight excluding hydrogens is 198 g/mol. The van der Waals surface area contributed by atoms with Gasteiger partial charge in [-0.3, -0.25) is 0 Å². The minimum Gasteiger partial charge on any atom is -0.316 e. The van der Waals surface area contributed by atoms with E-state index in [1.807, 2.05) is 18.7 Å². The highest BCUT2D eigenvalue weighted by Crippen LogP contribution is 2.12. The van der Waals surface area contributed by atoms with Crippen molar-refractivity contribution in [2.45, 2.75) is 20.4 Å². The summed E-state index contributed by atoms with van der Waals surface area (Å²) in [5.74, 6) is 0. The number of hydrogen-bond donors (Lipinski definition) is 1. The van der Waals surface area contributed by atoms with Gasteiger partial charge in [0.05, 0.1) is 11.4 Å². The van der Waals surface area contributed by atoms with Crippen molar-refractivity contribution in [2.24, 2.45) is 0 Å². The molecule has 1 heterocycles. The first-order valence-electron chi connectivity index (χ1n) is 5.47. The predicted molar refractivity (Wildman–Crippen MR) is 65.8 cm³/mol. The Morgan fingerprint density at radius 3 is 2.50 bits per heavy atom. The highest BCUT2D eigenvalue weighted by Gasteiger charge is 2.04. The van der Waals surface area contributed by atoms with Crippen molar-refractivity contribution in [2.75, 3.05) is 7.05 Å². The monoisotopic (exact) mass is 215 g/mol. The molecule has 0 unspecified atom stereocenters. The molecule has 0 saturated carbocycles. The molecule has 0 radical (unpaired) electrons. The van der Waals surface area contributed by atoms with Crippen LogP contribution < -0.4 is 5.32 Å². The highest BCUT2D eigenvalue weighted by atomic mass is 15.3. The molecule has 1 aromatic carbocycles. The van der Waals surface area contributed by atoms with Crippen molar-refractivity contribution >= 4 is 0 Å². The molecule has 2 rings (SSSR count). The third-order valence-corrected chi connectivity index (χ3v) is 2.67. The second-order valence-electron chi connectivity index (χ2n) is 4.05. The molecule has 84 valence electrons. The largest absolute Gasteiger partial charge is 0.316 e. The van der Waals surface area contributed by atoms with Crippen LogP contribution in [0.5, 0.6) is 0 Å². The Balaban J connectivity index is 2.33. The fourth-order valence-corrected chi connectivity index (χ4v) is 1.69. The summed E-state index contributed by atoms with van der Waals surface area (Å²) in [5, 5.41) is 7.65. The molecule has 16 heavy (non-hydrogen) atoms. The molecule has 0 aliphatic rings. The van der Waals surface area contributed by atoms with E-state index in [-0.39, 0.29) is 0 Å². The Labute approximate surface area is 96.1 Å². The number of nitrogens with one attached hydrogen (secondary N) is 1. The van der Waals surface area contributed by atoms with Gasteiger partial charge in [-0.1, -0.05) is 17.7 Å². The molecule has 0 bridgehead atoms. The van der Waals surface area contributed by atoms with Crippen LogP contribution in [-0.4, -0.2) is 16.8 Å². The zero-order valence-corrected chi connectivity index (χ0v) is 9.99. The maximum Gasteiger partial charge on any atom is 0.0645 e. The predicted octanol–water partition coefficient (Wildman–Crippen LogP) is 2.21. The lowest BCUT2D eigenvalue weighted by molar-refractivity contribution is 0.812. The summed E-state index contributed by atoms with van der Waals surface area (Å²) >= 11 is 0. The average molecular weight is 215 g/mol. The van der Waals surface area contributed by atoms with E-state index in [4.69, 9.17) is 0 Å². The van der Waals surface area contributed by atoms with Crippen LogP contribution in [0.3, 0.4) is 0 Å². The molecule has 0 fully saturated rings. The molecule has 1 aromatic heterocycles. The maximum atomic E-state index is 4.51. The summed E-state index contributed by atoms with van der Waals surface area (Å²) in [5.41, 5.74) is 4.69. The van der Waals surface area contributed by atoms with Gasteiger partial charge in [-0.15, -0.1) is 0 Å². The third kappa shape index (κ3) is 2.14. The lowest BCUT2D eigenvalue weighted by atomic mass is 10.2. The molecular formula is C13H17N3. The topological polar surface area (TPSA) is 29.9 Å². The van der Waals surface area contributed by atoms with Gasteiger partial charge in [0.1, 0.15) is 0 Å². The van der Waals surface area contributed by atoms with Crippen molar-refractivity contribution in [1.29, 1.82) is 0 Å². The Morgan fingerprint density at radius 1 is 1.19 bits per heavy atom. The van der Waals surface area contributed by atoms with Crippen LogP contribution in [0.1, 0.15) is 16.8 Å². The molecule has 2 aromatic rings. The van der Waals surface area contributed by atoms with Crippen LogP contribution in [0.25, 0.3) is 5.69 Å². The smallest absolute Gasteiger partial charge is 0.0645 e. The summed E-state index contributed by atoms with van der Waals surface area (Å²) < 4.78 is 1.93. The van der Waals surface area contributed by atoms with E-state index in [1.165, 1.54) is 11.1 Å². The van der Waals surface area contributed by atoms with Gasteiger partial charge in [0.2, 0.25) is 0 Å². The van der Waals surface area contributed by atoms with Gasteiger partial charge in [0.25, 0.3) is 0 Å². The molecule has 3 nitrogen and oxygen atoms in total. The lowest BCUT2D eigenvalue weighted by Crippen LogP contribution is -2.05. The first-order valence-corrected chi connectivity index (χ1v) is 5.47. The van der Waals surface area contributed by atoms with E-state index in [9.17, 15) is 0 Å². The van der Waals surface area contributed by atoms with Crippen LogP contribution in [0.2, 0.25) is 0 Å². The van der Waals surface area contributed by atoms with Crippen LogP contribution in [0.15, 0.2) is 30.5 Å². The molecule has 0 saturated heterocycles. The van der Waals surface area contributed by atoms with E-state index in [0.29, 0.717) is 0 Å². The quantitative estimate of drug-likeness (QED) is 0.850. The van der Waals surface area contributed by atoms with Gasteiger partial charge in [0.15, 0.2) is 0 Å². The lowest BCUT2D eigenvalue weighted by Gasteiger charge is -2.00. The van der Waals surface area contributed by atoms with Crippen molar-refractivity contribution in [3.8, 4) is 5.69 Å². The highest BCUT2D eigenvalue weighted by molar-refractivity contribution is 5.35. The normalized spacial score (nSPS) is 10.7. The Hall–Kier alpha value is -1.61. The second kappa shape index (κ2) is 4.49. The van der Waals surface area contributed by atoms with Gasteiger partial charge in [-0.05, 0) is 33.0 Å². The number of aromatic nitrogens is 2. The van der Waals surface area contributed by atoms with Crippen molar-refractivity contribution in [3.05, 3.63) is 47.3 Å². The van der Waals surface area contributed by atoms with E-state index < -0.39 is 0 Å². The summed E-state index contributed by atoms with van der Waals surface area (Å²) in [6.07, 6.45) is 2.08. The average Bonchev–Trinajstić information content (AvgIpc) is 2.62. The molecule has 0 spiro atoms. The first-order chi connectivity index (χ1) is 7.70. The van der Waals surface area contributed by atoms with E-state index in [2.05, 4.69) is 47.8 Å². The number of rotatable bonds is 3. The van der Waals surface area contributed by atoms with Gasteiger partial charge < -0.3 is 5.32 Å². The van der Waals surface area contributed by atoms with Crippen LogP contribution >= 0.6 is 0 Å². The van der Waals surface area contributed by atoms with Crippen molar-refractivity contribution in [3.63, 3.8) is 0 Å². The van der Waals surface area contributed by atoms with Gasteiger partial charge in [-0.2, -0.15) is 5.10 Å². The van der Waals surface area contributed by atoms with Gasteiger partial charge in [-0.25, -0.2) is 4.68 Å². The zero-order valence-electron chi connectivity index (χ0n) is 9.99. The van der Waals surface area contributed by atoms with Crippen molar-refractivity contribution in [1.82, 2.24) is 15.1 Å². The van der Waals surface area contributed by atoms with Gasteiger partial charge >= 0.3 is 0 Å². The maximum absolute atomic E-state index is 4.51. The molecule has 0 amide bonds. The Morgan fingerprint density at radius 2 is 1.88 bits per heavy atom. The second-order valence-corrected chi connectivity index (χ2v) is 4.05. The van der Waals surface area contributed by atoms with Gasteiger partial charge in [0, 0.05) is 18.3 Å². The fraction of sp³-hybridized carbons (Fsp3) is 0.308. The molecule has 1 N–H and O–H groups in total. The Kier molecular flexibility index (Phi) is 3.06. The standard InChI is InChI=1S/C13H17N3/c1-10-4-6-13(7-5-10)16-9-12(8-14-3)11(2)15-16/h4-7,9,14H,8H2,1-3H3. The first kappa shape index (κ1) is 10.9. The SMILES string of the molecule is CNCc1cn(-c2ccc(C)cc2)nc1C. The van der Waals surface area contributed by atoms with Crippen LogP contribution in [0.4, 0.5) is 0 Å².